The zero-order valence-corrected chi connectivity index (χ0v) is 11.9. The van der Waals surface area contributed by atoms with Gasteiger partial charge in [-0.1, -0.05) is 0 Å². The molecule has 0 saturated carbocycles. The van der Waals surface area contributed by atoms with Crippen molar-refractivity contribution in [2.75, 3.05) is 6.61 Å². The van der Waals surface area contributed by atoms with Crippen molar-refractivity contribution < 1.29 is 22.4 Å². The quantitative estimate of drug-likeness (QED) is 0.919. The van der Waals surface area contributed by atoms with E-state index in [1.165, 1.54) is 24.7 Å². The fourth-order valence-corrected chi connectivity index (χ4v) is 3.19. The van der Waals surface area contributed by atoms with Gasteiger partial charge in [0.05, 0.1) is 30.4 Å². The number of carbonyl (C=O) groups is 1. The molecule has 0 spiro atoms. The van der Waals surface area contributed by atoms with Crippen LogP contribution in [0.5, 0.6) is 5.75 Å². The van der Waals surface area contributed by atoms with Crippen LogP contribution in [0, 0.1) is 0 Å². The molecule has 1 amide bonds. The van der Waals surface area contributed by atoms with E-state index in [0.29, 0.717) is 24.3 Å². The molecule has 1 aliphatic heterocycles. The third kappa shape index (κ3) is 2.92. The summed E-state index contributed by atoms with van der Waals surface area (Å²) < 4.78 is 36.6. The molecule has 3 rings (SSSR count). The second-order valence-electron chi connectivity index (χ2n) is 4.71. The van der Waals surface area contributed by atoms with Crippen LogP contribution in [0.3, 0.4) is 0 Å². The van der Waals surface area contributed by atoms with Gasteiger partial charge in [-0.15, -0.1) is 0 Å². The van der Waals surface area contributed by atoms with Crippen molar-refractivity contribution in [1.82, 2.24) is 4.72 Å². The smallest absolute Gasteiger partial charge is 0.264 e. The number of furan rings is 1. The molecule has 0 aliphatic carbocycles. The molecule has 2 aromatic rings. The second-order valence-corrected chi connectivity index (χ2v) is 6.39. The van der Waals surface area contributed by atoms with Gasteiger partial charge in [0.1, 0.15) is 5.75 Å². The maximum Gasteiger partial charge on any atom is 0.264 e. The number of sulfonamides is 1. The van der Waals surface area contributed by atoms with E-state index < -0.39 is 15.9 Å². The highest BCUT2D eigenvalue weighted by atomic mass is 32.2. The first-order valence-corrected chi connectivity index (χ1v) is 7.85. The Kier molecular flexibility index (Phi) is 3.42. The number of nitrogens with one attached hydrogen (secondary N) is 1. The molecule has 0 radical (unpaired) electrons. The van der Waals surface area contributed by atoms with E-state index >= 15 is 0 Å². The second kappa shape index (κ2) is 5.25. The van der Waals surface area contributed by atoms with Crippen LogP contribution in [0.4, 0.5) is 0 Å². The number of amides is 1. The maximum absolute atomic E-state index is 12.2. The van der Waals surface area contributed by atoms with Crippen LogP contribution in [0.15, 0.2) is 46.1 Å². The van der Waals surface area contributed by atoms with Crippen molar-refractivity contribution in [2.45, 2.75) is 17.7 Å². The predicted molar refractivity (Wildman–Crippen MR) is 73.4 cm³/mol. The number of hydrogen-bond donors (Lipinski definition) is 1. The van der Waals surface area contributed by atoms with Crippen molar-refractivity contribution >= 4 is 15.9 Å². The summed E-state index contributed by atoms with van der Waals surface area (Å²) >= 11 is 0. The van der Waals surface area contributed by atoms with Crippen LogP contribution >= 0.6 is 0 Å². The van der Waals surface area contributed by atoms with E-state index in [9.17, 15) is 13.2 Å². The highest BCUT2D eigenvalue weighted by Gasteiger charge is 2.21. The molecule has 0 bridgehead atoms. The number of ether oxygens (including phenoxy) is 1. The molecular formula is C14H13NO5S. The molecule has 110 valence electrons. The lowest BCUT2D eigenvalue weighted by Crippen LogP contribution is -2.31. The summed E-state index contributed by atoms with van der Waals surface area (Å²) in [5.74, 6) is 0.0897. The lowest BCUT2D eigenvalue weighted by Gasteiger charge is -2.07. The Hall–Kier alpha value is -2.28. The summed E-state index contributed by atoms with van der Waals surface area (Å²) in [4.78, 5) is 11.8. The Morgan fingerprint density at radius 1 is 1.29 bits per heavy atom. The Morgan fingerprint density at radius 2 is 2.14 bits per heavy atom. The molecule has 2 heterocycles. The van der Waals surface area contributed by atoms with Gasteiger partial charge in [-0.05, 0) is 35.4 Å². The van der Waals surface area contributed by atoms with Gasteiger partial charge in [-0.2, -0.15) is 0 Å². The van der Waals surface area contributed by atoms with Crippen molar-refractivity contribution in [3.8, 4) is 5.75 Å². The van der Waals surface area contributed by atoms with Crippen molar-refractivity contribution in [2.24, 2.45) is 0 Å². The molecular weight excluding hydrogens is 294 g/mol. The Balaban J connectivity index is 1.76. The van der Waals surface area contributed by atoms with Crippen LogP contribution in [0.25, 0.3) is 0 Å². The van der Waals surface area contributed by atoms with Crippen molar-refractivity contribution in [3.63, 3.8) is 0 Å². The highest BCUT2D eigenvalue weighted by Crippen LogP contribution is 2.27. The third-order valence-electron chi connectivity index (χ3n) is 3.16. The fourth-order valence-electron chi connectivity index (χ4n) is 2.15. The van der Waals surface area contributed by atoms with Gasteiger partial charge in [0.15, 0.2) is 0 Å². The minimum atomic E-state index is -3.87. The molecule has 7 heteroatoms. The summed E-state index contributed by atoms with van der Waals surface area (Å²) in [5.41, 5.74) is 1.45. The maximum atomic E-state index is 12.2. The summed E-state index contributed by atoms with van der Waals surface area (Å²) in [7, 11) is -3.87. The van der Waals surface area contributed by atoms with E-state index in [0.717, 1.165) is 5.56 Å². The Bertz CT molecular complexity index is 765. The van der Waals surface area contributed by atoms with Crippen LogP contribution in [0.1, 0.15) is 11.1 Å². The molecule has 1 aromatic heterocycles. The first-order valence-electron chi connectivity index (χ1n) is 6.37. The monoisotopic (exact) mass is 307 g/mol. The van der Waals surface area contributed by atoms with E-state index in [1.54, 1.807) is 12.1 Å². The van der Waals surface area contributed by atoms with Gasteiger partial charge >= 0.3 is 0 Å². The van der Waals surface area contributed by atoms with Crippen LogP contribution in [-0.2, 0) is 27.7 Å². The van der Waals surface area contributed by atoms with Crippen LogP contribution in [-0.4, -0.2) is 20.9 Å². The molecule has 1 aromatic carbocycles. The SMILES string of the molecule is O=C(Cc1ccoc1)NS(=O)(=O)c1ccc2c(c1)CCO2. The standard InChI is InChI=1S/C14H13NO5S/c16-14(7-10-3-5-19-9-10)15-21(17,18)12-1-2-13-11(8-12)4-6-20-13/h1-3,5,8-9H,4,6-7H2,(H,15,16). The first kappa shape index (κ1) is 13.7. The summed E-state index contributed by atoms with van der Waals surface area (Å²) in [6.07, 6.45) is 3.45. The molecule has 0 unspecified atom stereocenters. The van der Waals surface area contributed by atoms with Crippen LogP contribution < -0.4 is 9.46 Å². The van der Waals surface area contributed by atoms with Gasteiger partial charge in [0.2, 0.25) is 5.91 Å². The molecule has 21 heavy (non-hydrogen) atoms. The zero-order valence-electron chi connectivity index (χ0n) is 11.0. The molecule has 1 N–H and O–H groups in total. The lowest BCUT2D eigenvalue weighted by molar-refractivity contribution is -0.118. The fraction of sp³-hybridized carbons (Fsp3) is 0.214. The average molecular weight is 307 g/mol. The van der Waals surface area contributed by atoms with Gasteiger partial charge in [0.25, 0.3) is 10.0 Å². The van der Waals surface area contributed by atoms with Crippen molar-refractivity contribution in [3.05, 3.63) is 47.9 Å². The molecule has 0 saturated heterocycles. The third-order valence-corrected chi connectivity index (χ3v) is 4.54. The molecule has 1 aliphatic rings. The first-order chi connectivity index (χ1) is 10.0. The summed E-state index contributed by atoms with van der Waals surface area (Å²) in [6, 6.07) is 6.18. The van der Waals surface area contributed by atoms with E-state index in [4.69, 9.17) is 9.15 Å². The molecule has 6 nitrogen and oxygen atoms in total. The normalized spacial score (nSPS) is 13.5. The van der Waals surface area contributed by atoms with Crippen molar-refractivity contribution in [1.29, 1.82) is 0 Å². The minimum Gasteiger partial charge on any atom is -0.493 e. The summed E-state index contributed by atoms with van der Waals surface area (Å²) in [6.45, 7) is 0.547. The number of benzene rings is 1. The van der Waals surface area contributed by atoms with E-state index in [-0.39, 0.29) is 11.3 Å². The average Bonchev–Trinajstić information content (AvgIpc) is 3.07. The van der Waals surface area contributed by atoms with E-state index in [1.807, 2.05) is 0 Å². The Morgan fingerprint density at radius 3 is 2.90 bits per heavy atom. The van der Waals surface area contributed by atoms with Gasteiger partial charge in [-0.3, -0.25) is 4.79 Å². The van der Waals surface area contributed by atoms with E-state index in [2.05, 4.69) is 4.72 Å². The predicted octanol–water partition coefficient (Wildman–Crippen LogP) is 1.26. The number of carbonyl (C=O) groups excluding carboxylic acids is 1. The Labute approximate surface area is 121 Å². The highest BCUT2D eigenvalue weighted by molar-refractivity contribution is 7.90. The topological polar surface area (TPSA) is 85.6 Å². The lowest BCUT2D eigenvalue weighted by atomic mass is 10.2. The molecule has 0 atom stereocenters. The largest absolute Gasteiger partial charge is 0.493 e. The minimum absolute atomic E-state index is 0.0518. The van der Waals surface area contributed by atoms with Gasteiger partial charge in [0, 0.05) is 6.42 Å². The number of fused-ring (bicyclic) bond motifs is 1. The van der Waals surface area contributed by atoms with Gasteiger partial charge in [-0.25, -0.2) is 13.1 Å². The zero-order chi connectivity index (χ0) is 14.9. The number of hydrogen-bond acceptors (Lipinski definition) is 5. The molecule has 0 fully saturated rings. The summed E-state index contributed by atoms with van der Waals surface area (Å²) in [5, 5.41) is 0. The van der Waals surface area contributed by atoms with Gasteiger partial charge < -0.3 is 9.15 Å². The number of rotatable bonds is 4. The van der Waals surface area contributed by atoms with Crippen LogP contribution in [0.2, 0.25) is 0 Å².